The van der Waals surface area contributed by atoms with Crippen LogP contribution < -0.4 is 0 Å². The first-order chi connectivity index (χ1) is 15.8. The van der Waals surface area contributed by atoms with Crippen LogP contribution in [0.15, 0.2) is 23.8 Å². The second-order valence-corrected chi connectivity index (χ2v) is 11.3. The van der Waals surface area contributed by atoms with Crippen molar-refractivity contribution in [2.75, 3.05) is 0 Å². The van der Waals surface area contributed by atoms with Gasteiger partial charge in [-0.2, -0.15) is 0 Å². The first-order valence-electron chi connectivity index (χ1n) is 12.1. The van der Waals surface area contributed by atoms with Crippen LogP contribution in [0.1, 0.15) is 98.9 Å². The number of phenols is 3. The highest BCUT2D eigenvalue weighted by atomic mass is 16.3. The van der Waals surface area contributed by atoms with Crippen molar-refractivity contribution in [3.05, 3.63) is 40.5 Å². The lowest BCUT2D eigenvalue weighted by Gasteiger charge is -2.52. The predicted molar refractivity (Wildman–Crippen MR) is 131 cm³/mol. The summed E-state index contributed by atoms with van der Waals surface area (Å²) in [5.74, 6) is -1.83. The van der Waals surface area contributed by atoms with Gasteiger partial charge >= 0.3 is 0 Å². The predicted octanol–water partition coefficient (Wildman–Crippen LogP) is 5.64. The lowest BCUT2D eigenvalue weighted by atomic mass is 9.52. The molecule has 2 aliphatic rings. The number of carbonyl (C=O) groups is 2. The lowest BCUT2D eigenvalue weighted by molar-refractivity contribution is 0.0158. The molecule has 4 N–H and O–H groups in total. The van der Waals surface area contributed by atoms with Gasteiger partial charge in [-0.05, 0) is 74.7 Å². The average Bonchev–Trinajstić information content (AvgIpc) is 2.72. The summed E-state index contributed by atoms with van der Waals surface area (Å²) in [4.78, 5) is 23.4. The van der Waals surface area contributed by atoms with Crippen molar-refractivity contribution >= 4 is 12.6 Å². The molecular weight excluding hydrogens is 432 g/mol. The third-order valence-electron chi connectivity index (χ3n) is 8.17. The Morgan fingerprint density at radius 1 is 1.09 bits per heavy atom. The van der Waals surface area contributed by atoms with Gasteiger partial charge in [-0.3, -0.25) is 9.59 Å². The van der Waals surface area contributed by atoms with Gasteiger partial charge in [0.1, 0.15) is 17.2 Å². The number of rotatable bonds is 7. The highest BCUT2D eigenvalue weighted by molar-refractivity contribution is 5.95. The molecule has 0 radical (unpaired) electrons. The fourth-order valence-electron chi connectivity index (χ4n) is 6.29. The summed E-state index contributed by atoms with van der Waals surface area (Å²) in [5, 5.41) is 43.0. The van der Waals surface area contributed by atoms with Crippen molar-refractivity contribution in [1.29, 1.82) is 0 Å². The minimum Gasteiger partial charge on any atom is -0.507 e. The molecule has 1 unspecified atom stereocenters. The number of hydrogen-bond donors (Lipinski definition) is 4. The molecule has 0 saturated heterocycles. The number of aldehydes is 2. The van der Waals surface area contributed by atoms with E-state index in [9.17, 15) is 30.0 Å². The maximum absolute atomic E-state index is 11.7. The van der Waals surface area contributed by atoms with Crippen LogP contribution in [0.3, 0.4) is 0 Å². The van der Waals surface area contributed by atoms with Crippen molar-refractivity contribution in [3.8, 4) is 17.2 Å². The maximum atomic E-state index is 11.7. The van der Waals surface area contributed by atoms with Gasteiger partial charge in [0.2, 0.25) is 0 Å². The highest BCUT2D eigenvalue weighted by Crippen LogP contribution is 2.61. The summed E-state index contributed by atoms with van der Waals surface area (Å²) < 4.78 is 0. The molecule has 4 atom stereocenters. The number of allylic oxidation sites excluding steroid dienone is 2. The molecule has 0 aliphatic heterocycles. The van der Waals surface area contributed by atoms with Crippen molar-refractivity contribution in [2.45, 2.75) is 78.2 Å². The molecule has 6 nitrogen and oxygen atoms in total. The Kier molecular flexibility index (Phi) is 7.05. The zero-order chi connectivity index (χ0) is 25.6. The number of phenolic OH excluding ortho intramolecular Hbond substituents is 3. The quantitative estimate of drug-likeness (QED) is 0.384. The van der Waals surface area contributed by atoms with Crippen molar-refractivity contribution in [2.24, 2.45) is 23.2 Å². The summed E-state index contributed by atoms with van der Waals surface area (Å²) in [6, 6.07) is 0. The van der Waals surface area contributed by atoms with Crippen LogP contribution in [0.5, 0.6) is 17.2 Å². The molecular formula is C28H38O6. The molecule has 34 heavy (non-hydrogen) atoms. The van der Waals surface area contributed by atoms with Gasteiger partial charge in [0, 0.05) is 11.5 Å². The summed E-state index contributed by atoms with van der Waals surface area (Å²) >= 11 is 0. The Morgan fingerprint density at radius 3 is 2.12 bits per heavy atom. The van der Waals surface area contributed by atoms with Crippen LogP contribution in [-0.4, -0.2) is 38.6 Å². The first-order valence-corrected chi connectivity index (χ1v) is 12.1. The molecule has 1 aromatic carbocycles. The second kappa shape index (κ2) is 9.21. The third-order valence-corrected chi connectivity index (χ3v) is 8.17. The third kappa shape index (κ3) is 4.28. The molecule has 186 valence electrons. The number of aromatic hydroxyl groups is 3. The smallest absolute Gasteiger partial charge is 0.157 e. The monoisotopic (exact) mass is 470 g/mol. The Hall–Kier alpha value is -2.60. The Balaban J connectivity index is 2.24. The van der Waals surface area contributed by atoms with E-state index in [2.05, 4.69) is 33.4 Å². The molecule has 3 rings (SSSR count). The van der Waals surface area contributed by atoms with E-state index in [0.717, 1.165) is 36.8 Å². The second-order valence-electron chi connectivity index (χ2n) is 11.3. The largest absolute Gasteiger partial charge is 0.507 e. The molecule has 0 bridgehead atoms. The van der Waals surface area contributed by atoms with Crippen molar-refractivity contribution < 1.29 is 30.0 Å². The fourth-order valence-corrected chi connectivity index (χ4v) is 6.29. The SMILES string of the molecule is C=C1CC[C@H](C(CC(C)C)c2c(O)c(C=O)c(O)c(C=O)c2O)[C@@]2(C)CC[C@H](C(C)(C)O)C=C12. The number of hydrogen-bond acceptors (Lipinski definition) is 6. The molecule has 0 spiro atoms. The number of aliphatic hydroxyl groups is 1. The van der Waals surface area contributed by atoms with Gasteiger partial charge in [0.25, 0.3) is 0 Å². The summed E-state index contributed by atoms with van der Waals surface area (Å²) in [5.41, 5.74) is 0.363. The highest BCUT2D eigenvalue weighted by Gasteiger charge is 2.50. The first kappa shape index (κ1) is 26.0. The van der Waals surface area contributed by atoms with Crippen LogP contribution in [-0.2, 0) is 0 Å². The molecule has 1 aromatic rings. The van der Waals surface area contributed by atoms with E-state index in [1.807, 2.05) is 13.8 Å². The van der Waals surface area contributed by atoms with Gasteiger partial charge in [0.05, 0.1) is 16.7 Å². The van der Waals surface area contributed by atoms with E-state index < -0.39 is 22.8 Å². The average molecular weight is 471 g/mol. The van der Waals surface area contributed by atoms with Gasteiger partial charge in [-0.15, -0.1) is 0 Å². The van der Waals surface area contributed by atoms with Gasteiger partial charge in [0.15, 0.2) is 12.6 Å². The van der Waals surface area contributed by atoms with Crippen LogP contribution >= 0.6 is 0 Å². The van der Waals surface area contributed by atoms with Gasteiger partial charge in [-0.25, -0.2) is 0 Å². The number of fused-ring (bicyclic) bond motifs is 1. The summed E-state index contributed by atoms with van der Waals surface area (Å²) in [7, 11) is 0. The molecule has 0 aromatic heterocycles. The maximum Gasteiger partial charge on any atom is 0.157 e. The van der Waals surface area contributed by atoms with Gasteiger partial charge < -0.3 is 20.4 Å². The standard InChI is InChI=1S/C28H38O6/c1-15(2)11-18(23-25(32)19(13-29)24(31)20(14-30)26(23)33)21-8-7-16(3)22-12-17(27(4,5)34)9-10-28(21,22)6/h12-15,17-18,21,31-34H,3,7-11H2,1-2,4-6H3/t17-,18?,21+,28+/m0/s1. The topological polar surface area (TPSA) is 115 Å². The van der Waals surface area contributed by atoms with E-state index in [1.54, 1.807) is 0 Å². The molecule has 1 saturated carbocycles. The van der Waals surface area contributed by atoms with Crippen molar-refractivity contribution in [1.82, 2.24) is 0 Å². The van der Waals surface area contributed by atoms with Gasteiger partial charge in [-0.1, -0.05) is 39.0 Å². The normalized spacial score (nSPS) is 26.1. The van der Waals surface area contributed by atoms with Crippen LogP contribution in [0, 0.1) is 23.2 Å². The Bertz CT molecular complexity index is 993. The zero-order valence-corrected chi connectivity index (χ0v) is 20.9. The van der Waals surface area contributed by atoms with E-state index in [1.165, 1.54) is 0 Å². The molecule has 2 aliphatic carbocycles. The Morgan fingerprint density at radius 2 is 1.65 bits per heavy atom. The Labute approximate surface area is 202 Å². The van der Waals surface area contributed by atoms with E-state index in [-0.39, 0.29) is 45.8 Å². The van der Waals surface area contributed by atoms with E-state index in [0.29, 0.717) is 19.0 Å². The van der Waals surface area contributed by atoms with Crippen molar-refractivity contribution in [3.63, 3.8) is 0 Å². The van der Waals surface area contributed by atoms with E-state index in [4.69, 9.17) is 0 Å². The molecule has 0 heterocycles. The molecule has 1 fully saturated rings. The number of carbonyl (C=O) groups excluding carboxylic acids is 2. The summed E-state index contributed by atoms with van der Waals surface area (Å²) in [6.45, 7) is 14.2. The fraction of sp³-hybridized carbons (Fsp3) is 0.571. The van der Waals surface area contributed by atoms with Crippen LogP contribution in [0.2, 0.25) is 0 Å². The van der Waals surface area contributed by atoms with Crippen LogP contribution in [0.4, 0.5) is 0 Å². The van der Waals surface area contributed by atoms with Crippen LogP contribution in [0.25, 0.3) is 0 Å². The zero-order valence-electron chi connectivity index (χ0n) is 20.9. The summed E-state index contributed by atoms with van der Waals surface area (Å²) in [6.07, 6.45) is 6.48. The molecule has 6 heteroatoms. The lowest BCUT2D eigenvalue weighted by Crippen LogP contribution is -2.43. The molecule has 0 amide bonds. The minimum atomic E-state index is -0.857. The van der Waals surface area contributed by atoms with E-state index >= 15 is 0 Å². The minimum absolute atomic E-state index is 0.00608. The number of benzene rings is 1.